The summed E-state index contributed by atoms with van der Waals surface area (Å²) in [4.78, 5) is 28.5. The summed E-state index contributed by atoms with van der Waals surface area (Å²) in [5.74, 6) is -0.0131. The fraction of sp³-hybridized carbons (Fsp3) is 0.571. The third-order valence-corrected chi connectivity index (χ3v) is 4.52. The van der Waals surface area contributed by atoms with Crippen LogP contribution < -0.4 is 5.56 Å². The molecule has 3 N–H and O–H groups in total. The van der Waals surface area contributed by atoms with Gasteiger partial charge in [-0.2, -0.15) is 4.98 Å². The number of aliphatic hydroxyl groups excluding tert-OH is 2. The van der Waals surface area contributed by atoms with Gasteiger partial charge in [-0.25, -0.2) is 14.4 Å². The molecule has 0 aromatic carbocycles. The van der Waals surface area contributed by atoms with Gasteiger partial charge in [-0.05, 0) is 6.92 Å². The third kappa shape index (κ3) is 3.07. The first-order valence-corrected chi connectivity index (χ1v) is 8.20. The molecule has 142 valence electrons. The van der Waals surface area contributed by atoms with E-state index in [1.54, 1.807) is 11.9 Å². The summed E-state index contributed by atoms with van der Waals surface area (Å²) in [6, 6.07) is 0. The van der Waals surface area contributed by atoms with E-state index in [1.165, 1.54) is 6.34 Å². The van der Waals surface area contributed by atoms with Gasteiger partial charge < -0.3 is 19.8 Å². The molecule has 2 aromatic rings. The van der Waals surface area contributed by atoms with Crippen LogP contribution in [-0.4, -0.2) is 78.5 Å². The molecule has 1 aliphatic rings. The van der Waals surface area contributed by atoms with Gasteiger partial charge in [-0.1, -0.05) is 11.6 Å². The number of H-pyrrole nitrogens is 1. The minimum atomic E-state index is -2.74. The van der Waals surface area contributed by atoms with Gasteiger partial charge in [0.2, 0.25) is 5.95 Å². The Morgan fingerprint density at radius 2 is 2.38 bits per heavy atom. The van der Waals surface area contributed by atoms with Crippen LogP contribution in [0.25, 0.3) is 11.2 Å². The Labute approximate surface area is 151 Å². The van der Waals surface area contributed by atoms with Crippen molar-refractivity contribution in [3.63, 3.8) is 0 Å². The highest BCUT2D eigenvalue weighted by Crippen LogP contribution is 2.45. The number of nitrogens with zero attached hydrogens (tertiary/aromatic N) is 5. The lowest BCUT2D eigenvalue weighted by Gasteiger charge is -2.22. The highest BCUT2D eigenvalue weighted by atomic mass is 35.5. The number of imidazole rings is 1. The van der Waals surface area contributed by atoms with Gasteiger partial charge in [0.15, 0.2) is 17.4 Å². The molecule has 2 aromatic heterocycles. The van der Waals surface area contributed by atoms with Crippen molar-refractivity contribution in [3.05, 3.63) is 16.7 Å². The Bertz CT molecular complexity index is 884. The van der Waals surface area contributed by atoms with Gasteiger partial charge in [-0.15, -0.1) is 0 Å². The summed E-state index contributed by atoms with van der Waals surface area (Å²) in [5.41, 5.74) is -0.652. The molecule has 0 saturated carbocycles. The molecule has 3 rings (SSSR count). The van der Waals surface area contributed by atoms with E-state index in [-0.39, 0.29) is 17.1 Å². The molecule has 26 heavy (non-hydrogen) atoms. The van der Waals surface area contributed by atoms with Gasteiger partial charge in [0.05, 0.1) is 19.3 Å². The number of hydrogen-bond acceptors (Lipinski definition) is 7. The minimum absolute atomic E-state index is 0.0131. The summed E-state index contributed by atoms with van der Waals surface area (Å²) in [6.07, 6.45) is -1.92. The predicted octanol–water partition coefficient (Wildman–Crippen LogP) is -0.114. The highest BCUT2D eigenvalue weighted by molar-refractivity contribution is 6.23. The van der Waals surface area contributed by atoms with E-state index in [4.69, 9.17) is 16.3 Å². The lowest BCUT2D eigenvalue weighted by atomic mass is 10.1. The van der Waals surface area contributed by atoms with Crippen LogP contribution in [0.1, 0.15) is 13.2 Å². The fourth-order valence-electron chi connectivity index (χ4n) is 2.50. The zero-order valence-electron chi connectivity index (χ0n) is 14.0. The summed E-state index contributed by atoms with van der Waals surface area (Å²) in [6.45, 7) is 1.98. The van der Waals surface area contributed by atoms with E-state index in [0.29, 0.717) is 6.54 Å². The van der Waals surface area contributed by atoms with Crippen molar-refractivity contribution < 1.29 is 19.3 Å². The monoisotopic (exact) mass is 388 g/mol. The summed E-state index contributed by atoms with van der Waals surface area (Å²) >= 11 is 5.80. The van der Waals surface area contributed by atoms with E-state index < -0.39 is 35.7 Å². The fourth-order valence-corrected chi connectivity index (χ4v) is 2.80. The number of alkyl halides is 2. The largest absolute Gasteiger partial charge is 0.394 e. The molecule has 1 fully saturated rings. The molecule has 12 heteroatoms. The highest BCUT2D eigenvalue weighted by Gasteiger charge is 2.57. The summed E-state index contributed by atoms with van der Waals surface area (Å²) in [7, 11) is 1.79. The third-order valence-electron chi connectivity index (χ3n) is 4.11. The van der Waals surface area contributed by atoms with Crippen molar-refractivity contribution >= 4 is 35.1 Å². The second kappa shape index (κ2) is 6.91. The zero-order valence-corrected chi connectivity index (χ0v) is 14.8. The van der Waals surface area contributed by atoms with E-state index >= 15 is 0 Å². The lowest BCUT2D eigenvalue weighted by Crippen LogP contribution is -2.38. The maximum Gasteiger partial charge on any atom is 0.280 e. The Morgan fingerprint density at radius 1 is 1.65 bits per heavy atom. The molecular formula is C14H18ClFN6O4. The number of aromatic amines is 1. The molecule has 0 aliphatic carbocycles. The topological polar surface area (TPSA) is 129 Å². The molecule has 1 aliphatic heterocycles. The Balaban J connectivity index is 2.06. The van der Waals surface area contributed by atoms with Gasteiger partial charge in [-0.3, -0.25) is 14.3 Å². The number of hydrogen-bond donors (Lipinski definition) is 3. The van der Waals surface area contributed by atoms with Crippen LogP contribution in [-0.2, 0) is 4.74 Å². The molecule has 0 spiro atoms. The second-order valence-corrected chi connectivity index (χ2v) is 6.44. The lowest BCUT2D eigenvalue weighted by molar-refractivity contribution is -0.0482. The molecule has 0 unspecified atom stereocenters. The van der Waals surface area contributed by atoms with Crippen molar-refractivity contribution in [3.8, 4) is 0 Å². The van der Waals surface area contributed by atoms with Crippen LogP contribution in [0.15, 0.2) is 16.1 Å². The number of ether oxygens (including phenoxy) is 1. The number of rotatable bonds is 5. The summed E-state index contributed by atoms with van der Waals surface area (Å²) < 4.78 is 21.2. The van der Waals surface area contributed by atoms with Gasteiger partial charge in [0.25, 0.3) is 10.7 Å². The zero-order chi connectivity index (χ0) is 19.1. The van der Waals surface area contributed by atoms with Crippen LogP contribution in [0.4, 0.5) is 10.3 Å². The van der Waals surface area contributed by atoms with Gasteiger partial charge >= 0.3 is 0 Å². The standard InChI is InChI=1S/C14H18ClFN6O4/c1-3-21(2)5-18-13-19-10-8(11(25)20-13)17-6-22(10)12-14(15,16)9(24)7(4-23)26-12/h5-7,9,12,23-24H,3-4H2,1-2H3,(H,19,20,25)/b18-5+/t7-,9-,12-,14-/m1/s1. The van der Waals surface area contributed by atoms with Crippen molar-refractivity contribution in [2.45, 2.75) is 30.5 Å². The first kappa shape index (κ1) is 18.7. The minimum Gasteiger partial charge on any atom is -0.394 e. The van der Waals surface area contributed by atoms with Crippen LogP contribution in [0.2, 0.25) is 0 Å². The van der Waals surface area contributed by atoms with Crippen LogP contribution in [0.3, 0.4) is 0 Å². The van der Waals surface area contributed by atoms with Crippen molar-refractivity contribution in [1.82, 2.24) is 24.4 Å². The smallest absolute Gasteiger partial charge is 0.280 e. The van der Waals surface area contributed by atoms with Crippen molar-refractivity contribution in [2.24, 2.45) is 4.99 Å². The number of aliphatic imine (C=N–C) groups is 1. The maximum atomic E-state index is 14.8. The molecule has 0 radical (unpaired) electrons. The van der Waals surface area contributed by atoms with E-state index in [1.807, 2.05) is 6.92 Å². The normalized spacial score (nSPS) is 29.1. The molecule has 0 bridgehead atoms. The molecule has 4 atom stereocenters. The first-order valence-electron chi connectivity index (χ1n) is 7.83. The molecular weight excluding hydrogens is 371 g/mol. The summed E-state index contributed by atoms with van der Waals surface area (Å²) in [5, 5.41) is 16.4. The SMILES string of the molecule is CCN(C)/C=N/c1nc2c(ncn2[C@@H]2O[C@H](CO)[C@@H](O)[C@]2(F)Cl)c(=O)[nH]1. The number of nitrogens with one attached hydrogen (secondary N) is 1. The Kier molecular flexibility index (Phi) is 4.97. The average Bonchev–Trinajstić information content (AvgIpc) is 3.12. The van der Waals surface area contributed by atoms with E-state index in [0.717, 1.165) is 10.9 Å². The first-order chi connectivity index (χ1) is 12.3. The number of fused-ring (bicyclic) bond motifs is 1. The Hall–Kier alpha value is -2.08. The van der Waals surface area contributed by atoms with Crippen molar-refractivity contribution in [1.29, 1.82) is 0 Å². The number of aromatic nitrogens is 4. The quantitative estimate of drug-likeness (QED) is 0.370. The molecule has 0 amide bonds. The van der Waals surface area contributed by atoms with Gasteiger partial charge in [0.1, 0.15) is 12.2 Å². The van der Waals surface area contributed by atoms with E-state index in [9.17, 15) is 19.4 Å². The molecule has 3 heterocycles. The maximum absolute atomic E-state index is 14.8. The molecule has 10 nitrogen and oxygen atoms in total. The van der Waals surface area contributed by atoms with Gasteiger partial charge in [0, 0.05) is 13.6 Å². The van der Waals surface area contributed by atoms with Crippen molar-refractivity contribution in [2.75, 3.05) is 20.2 Å². The average molecular weight is 389 g/mol. The van der Waals surface area contributed by atoms with E-state index in [2.05, 4.69) is 19.9 Å². The number of halogens is 2. The Morgan fingerprint density at radius 3 is 3.00 bits per heavy atom. The predicted molar refractivity (Wildman–Crippen MR) is 91.3 cm³/mol. The second-order valence-electron chi connectivity index (χ2n) is 5.86. The van der Waals surface area contributed by atoms with Crippen LogP contribution in [0.5, 0.6) is 0 Å². The molecule has 1 saturated heterocycles. The van der Waals surface area contributed by atoms with Crippen LogP contribution >= 0.6 is 11.6 Å². The number of aliphatic hydroxyl groups is 2. The van der Waals surface area contributed by atoms with Crippen LogP contribution in [0, 0.1) is 0 Å².